The smallest absolute Gasteiger partial charge is 0.351 e. The van der Waals surface area contributed by atoms with E-state index in [9.17, 15) is 13.2 Å². The van der Waals surface area contributed by atoms with Crippen molar-refractivity contribution < 1.29 is 13.2 Å². The Bertz CT molecular complexity index is 902. The molecule has 2 aromatic rings. The van der Waals surface area contributed by atoms with Gasteiger partial charge in [0.1, 0.15) is 6.54 Å². The first-order chi connectivity index (χ1) is 10.5. The van der Waals surface area contributed by atoms with Gasteiger partial charge in [-0.25, -0.2) is 17.6 Å². The number of hydrogen-bond donors (Lipinski definition) is 0. The Morgan fingerprint density at radius 1 is 1.32 bits per heavy atom. The van der Waals surface area contributed by atoms with Gasteiger partial charge in [-0.3, -0.25) is 0 Å². The molecule has 3 heterocycles. The number of sulfonamides is 1. The van der Waals surface area contributed by atoms with Crippen molar-refractivity contribution in [3.05, 3.63) is 28.8 Å². The number of nitrogens with zero attached hydrogens (tertiary/aromatic N) is 5. The van der Waals surface area contributed by atoms with E-state index in [1.165, 1.54) is 22.6 Å². The predicted molar refractivity (Wildman–Crippen MR) is 74.6 cm³/mol. The van der Waals surface area contributed by atoms with Crippen LogP contribution in [0.4, 0.5) is 0 Å². The van der Waals surface area contributed by atoms with E-state index in [4.69, 9.17) is 10.00 Å². The molecule has 1 saturated heterocycles. The zero-order valence-corrected chi connectivity index (χ0v) is 12.4. The molecule has 0 amide bonds. The molecule has 0 unspecified atom stereocenters. The molecule has 0 N–H and O–H groups in total. The van der Waals surface area contributed by atoms with Gasteiger partial charge in [0.05, 0.1) is 24.2 Å². The molecule has 1 aliphatic heterocycles. The van der Waals surface area contributed by atoms with E-state index in [0.29, 0.717) is 18.9 Å². The van der Waals surface area contributed by atoms with Crippen molar-refractivity contribution in [3.8, 4) is 6.07 Å². The third-order valence-electron chi connectivity index (χ3n) is 3.38. The summed E-state index contributed by atoms with van der Waals surface area (Å²) >= 11 is 0. The van der Waals surface area contributed by atoms with Gasteiger partial charge in [0.25, 0.3) is 0 Å². The van der Waals surface area contributed by atoms with Gasteiger partial charge in [0.15, 0.2) is 5.65 Å². The van der Waals surface area contributed by atoms with Crippen LogP contribution in [0.3, 0.4) is 0 Å². The quantitative estimate of drug-likeness (QED) is 0.719. The Labute approximate surface area is 126 Å². The molecule has 0 radical (unpaired) electrons. The molecule has 0 aromatic carbocycles. The number of nitriles is 1. The highest BCUT2D eigenvalue weighted by molar-refractivity contribution is 7.89. The van der Waals surface area contributed by atoms with Crippen molar-refractivity contribution >= 4 is 15.7 Å². The van der Waals surface area contributed by atoms with Crippen molar-refractivity contribution in [1.29, 1.82) is 5.26 Å². The Morgan fingerprint density at radius 2 is 2.05 bits per heavy atom. The van der Waals surface area contributed by atoms with Crippen molar-refractivity contribution in [2.45, 2.75) is 11.4 Å². The van der Waals surface area contributed by atoms with Gasteiger partial charge in [-0.2, -0.15) is 14.2 Å². The highest BCUT2D eigenvalue weighted by atomic mass is 32.2. The van der Waals surface area contributed by atoms with Crippen LogP contribution in [0, 0.1) is 11.3 Å². The van der Waals surface area contributed by atoms with Crippen LogP contribution >= 0.6 is 0 Å². The summed E-state index contributed by atoms with van der Waals surface area (Å²) in [4.78, 5) is 12.1. The molecular weight excluding hydrogens is 310 g/mol. The molecule has 116 valence electrons. The fourth-order valence-electron chi connectivity index (χ4n) is 2.26. The zero-order valence-electron chi connectivity index (χ0n) is 11.5. The molecule has 3 rings (SSSR count). The van der Waals surface area contributed by atoms with Gasteiger partial charge < -0.3 is 4.74 Å². The third kappa shape index (κ3) is 2.39. The molecule has 2 aromatic heterocycles. The fraction of sp³-hybridized carbons (Fsp3) is 0.417. The number of pyridine rings is 1. The van der Waals surface area contributed by atoms with Gasteiger partial charge in [-0.05, 0) is 12.1 Å². The van der Waals surface area contributed by atoms with Gasteiger partial charge in [0.2, 0.25) is 10.0 Å². The minimum absolute atomic E-state index is 0.0144. The zero-order chi connectivity index (χ0) is 15.7. The maximum absolute atomic E-state index is 12.6. The number of morpholine rings is 1. The van der Waals surface area contributed by atoms with E-state index in [2.05, 4.69) is 5.10 Å². The molecule has 22 heavy (non-hydrogen) atoms. The highest BCUT2D eigenvalue weighted by Gasteiger charge is 2.27. The average molecular weight is 323 g/mol. The molecular formula is C12H13N5O4S. The standard InChI is InChI=1S/C12H13N5O4S/c13-3-4-17-12(18)16-9-10(1-2-11(16)14-17)22(19,20)15-5-7-21-8-6-15/h1-2,9H,4-8H2. The lowest BCUT2D eigenvalue weighted by atomic mass is 10.5. The van der Waals surface area contributed by atoms with Crippen LogP contribution in [0.5, 0.6) is 0 Å². The first-order valence-electron chi connectivity index (χ1n) is 6.58. The van der Waals surface area contributed by atoms with E-state index in [1.807, 2.05) is 6.07 Å². The number of fused-ring (bicyclic) bond motifs is 1. The van der Waals surface area contributed by atoms with Gasteiger partial charge >= 0.3 is 5.69 Å². The average Bonchev–Trinajstić information content (AvgIpc) is 2.84. The molecule has 0 bridgehead atoms. The minimum atomic E-state index is -3.68. The molecule has 0 aliphatic carbocycles. The van der Waals surface area contributed by atoms with Crippen molar-refractivity contribution in [2.24, 2.45) is 0 Å². The summed E-state index contributed by atoms with van der Waals surface area (Å²) in [5, 5.41) is 12.6. The van der Waals surface area contributed by atoms with E-state index >= 15 is 0 Å². The molecule has 0 atom stereocenters. The predicted octanol–water partition coefficient (Wildman–Crippen LogP) is -0.960. The summed E-state index contributed by atoms with van der Waals surface area (Å²) in [6, 6.07) is 4.68. The Kier molecular flexibility index (Phi) is 3.69. The summed E-state index contributed by atoms with van der Waals surface area (Å²) in [5.74, 6) is 0. The Balaban J connectivity index is 2.06. The topological polar surface area (TPSA) is 110 Å². The lowest BCUT2D eigenvalue weighted by molar-refractivity contribution is 0.0730. The van der Waals surface area contributed by atoms with Crippen LogP contribution in [0.1, 0.15) is 0 Å². The van der Waals surface area contributed by atoms with Crippen molar-refractivity contribution in [2.75, 3.05) is 26.3 Å². The molecule has 10 heteroatoms. The SMILES string of the molecule is N#CCn1nc2ccc(S(=O)(=O)N3CCOCC3)cn2c1=O. The molecule has 9 nitrogen and oxygen atoms in total. The highest BCUT2D eigenvalue weighted by Crippen LogP contribution is 2.17. The van der Waals surface area contributed by atoms with Crippen LogP contribution in [-0.4, -0.2) is 53.2 Å². The summed E-state index contributed by atoms with van der Waals surface area (Å²) in [7, 11) is -3.68. The second-order valence-electron chi connectivity index (χ2n) is 4.71. The van der Waals surface area contributed by atoms with Crippen molar-refractivity contribution in [3.63, 3.8) is 0 Å². The van der Waals surface area contributed by atoms with E-state index in [-0.39, 0.29) is 24.5 Å². The molecule has 0 spiro atoms. The summed E-state index contributed by atoms with van der Waals surface area (Å²) in [5.41, 5.74) is -0.253. The number of ether oxygens (including phenoxy) is 1. The normalized spacial score (nSPS) is 16.7. The van der Waals surface area contributed by atoms with Crippen molar-refractivity contribution in [1.82, 2.24) is 18.5 Å². The Morgan fingerprint density at radius 3 is 2.73 bits per heavy atom. The second-order valence-corrected chi connectivity index (χ2v) is 6.65. The Hall–Kier alpha value is -2.22. The number of aromatic nitrogens is 3. The molecule has 1 fully saturated rings. The van der Waals surface area contributed by atoms with E-state index < -0.39 is 15.7 Å². The monoisotopic (exact) mass is 323 g/mol. The van der Waals surface area contributed by atoms with E-state index in [0.717, 1.165) is 9.08 Å². The first-order valence-corrected chi connectivity index (χ1v) is 8.02. The van der Waals surface area contributed by atoms with Gasteiger partial charge in [-0.15, -0.1) is 5.10 Å². The summed E-state index contributed by atoms with van der Waals surface area (Å²) in [6.07, 6.45) is 1.24. The van der Waals surface area contributed by atoms with Crippen LogP contribution < -0.4 is 5.69 Å². The van der Waals surface area contributed by atoms with Gasteiger partial charge in [0, 0.05) is 19.3 Å². The third-order valence-corrected chi connectivity index (χ3v) is 5.26. The van der Waals surface area contributed by atoms with Crippen LogP contribution in [0.2, 0.25) is 0 Å². The second kappa shape index (κ2) is 5.53. The lowest BCUT2D eigenvalue weighted by Crippen LogP contribution is -2.40. The minimum Gasteiger partial charge on any atom is -0.379 e. The largest absolute Gasteiger partial charge is 0.379 e. The fourth-order valence-corrected chi connectivity index (χ4v) is 3.66. The number of rotatable bonds is 3. The molecule has 1 aliphatic rings. The first kappa shape index (κ1) is 14.7. The maximum Gasteiger partial charge on any atom is 0.351 e. The van der Waals surface area contributed by atoms with E-state index in [1.54, 1.807) is 0 Å². The van der Waals surface area contributed by atoms with Crippen LogP contribution in [-0.2, 0) is 21.3 Å². The van der Waals surface area contributed by atoms with Crippen LogP contribution in [0.25, 0.3) is 5.65 Å². The van der Waals surface area contributed by atoms with Crippen LogP contribution in [0.15, 0.2) is 28.0 Å². The van der Waals surface area contributed by atoms with Gasteiger partial charge in [-0.1, -0.05) is 0 Å². The maximum atomic E-state index is 12.6. The lowest BCUT2D eigenvalue weighted by Gasteiger charge is -2.25. The molecule has 0 saturated carbocycles. The summed E-state index contributed by atoms with van der Waals surface area (Å²) in [6.45, 7) is 1.07. The summed E-state index contributed by atoms with van der Waals surface area (Å²) < 4.78 is 33.7. The number of hydrogen-bond acceptors (Lipinski definition) is 6.